The van der Waals surface area contributed by atoms with Crippen molar-refractivity contribution in [2.24, 2.45) is 0 Å². The molecule has 2 aliphatic heterocycles. The summed E-state index contributed by atoms with van der Waals surface area (Å²) in [5.74, 6) is 0.979. The Hall–Kier alpha value is -1.99. The molecule has 3 rings (SSSR count). The first-order valence-corrected chi connectivity index (χ1v) is 10.0. The van der Waals surface area contributed by atoms with E-state index in [1.54, 1.807) is 25.1 Å². The van der Waals surface area contributed by atoms with Crippen LogP contribution in [0.15, 0.2) is 34.9 Å². The Morgan fingerprint density at radius 1 is 1.19 bits per heavy atom. The summed E-state index contributed by atoms with van der Waals surface area (Å²) in [6, 6.07) is 7.08. The maximum absolute atomic E-state index is 12.5. The highest BCUT2D eigenvalue weighted by Crippen LogP contribution is 2.27. The Balaban J connectivity index is 1.61. The Kier molecular flexibility index (Phi) is 6.57. The second-order valence-electron chi connectivity index (χ2n) is 6.39. The minimum absolute atomic E-state index is 0.168. The first kappa shape index (κ1) is 18.8. The number of likely N-dealkylation sites (tertiary alicyclic amines) is 1. The fourth-order valence-electron chi connectivity index (χ4n) is 3.13. The molecular formula is C19H25N3O3S. The number of ether oxygens (including phenoxy) is 1. The number of allylic oxidation sites excluding steroid dienone is 1. The highest BCUT2D eigenvalue weighted by Gasteiger charge is 2.21. The lowest BCUT2D eigenvalue weighted by Gasteiger charge is -2.19. The summed E-state index contributed by atoms with van der Waals surface area (Å²) in [6.07, 6.45) is 2.47. The first-order valence-electron chi connectivity index (χ1n) is 9.02. The topological polar surface area (TPSA) is 70.7 Å². The second kappa shape index (κ2) is 9.09. The van der Waals surface area contributed by atoms with E-state index < -0.39 is 0 Å². The number of para-hydroxylation sites is 1. The quantitative estimate of drug-likeness (QED) is 0.799. The van der Waals surface area contributed by atoms with Crippen molar-refractivity contribution in [1.82, 2.24) is 10.2 Å². The third-order valence-corrected chi connectivity index (χ3v) is 5.64. The minimum Gasteiger partial charge on any atom is -0.496 e. The van der Waals surface area contributed by atoms with Gasteiger partial charge < -0.3 is 20.3 Å². The van der Waals surface area contributed by atoms with Gasteiger partial charge in [0.2, 0.25) is 0 Å². The maximum atomic E-state index is 12.5. The molecule has 2 N–H and O–H groups in total. The van der Waals surface area contributed by atoms with Gasteiger partial charge in [0.1, 0.15) is 10.7 Å². The molecule has 1 fully saturated rings. The summed E-state index contributed by atoms with van der Waals surface area (Å²) in [4.78, 5) is 28.0. The van der Waals surface area contributed by atoms with Crippen LogP contribution in [0.4, 0.5) is 5.69 Å². The molecule has 0 bridgehead atoms. The predicted molar refractivity (Wildman–Crippen MR) is 104 cm³/mol. The summed E-state index contributed by atoms with van der Waals surface area (Å²) in [6.45, 7) is 6.09. The average Bonchev–Trinajstić information content (AvgIpc) is 3.16. The molecule has 0 saturated carbocycles. The van der Waals surface area contributed by atoms with Crippen LogP contribution in [-0.2, 0) is 9.53 Å². The van der Waals surface area contributed by atoms with Crippen molar-refractivity contribution in [3.63, 3.8) is 0 Å². The standard InChI is InChI=1S/C19H25N3O3S/c1-14-17(26-13-12-25-14)19(24)21-16-7-3-2-6-15(16)18(23)20-8-11-22-9-4-5-10-22/h2-3,6-7H,4-5,8-13H2,1H3,(H,20,23)(H,21,24). The fourth-order valence-corrected chi connectivity index (χ4v) is 3.94. The van der Waals surface area contributed by atoms with E-state index in [0.717, 1.165) is 25.4 Å². The number of amides is 2. The van der Waals surface area contributed by atoms with Gasteiger partial charge in [-0.25, -0.2) is 0 Å². The van der Waals surface area contributed by atoms with Crippen LogP contribution >= 0.6 is 11.8 Å². The van der Waals surface area contributed by atoms with Gasteiger partial charge in [0, 0.05) is 18.8 Å². The lowest BCUT2D eigenvalue weighted by molar-refractivity contribution is -0.112. The monoisotopic (exact) mass is 375 g/mol. The van der Waals surface area contributed by atoms with Gasteiger partial charge in [0.05, 0.1) is 17.9 Å². The van der Waals surface area contributed by atoms with Crippen molar-refractivity contribution < 1.29 is 14.3 Å². The number of nitrogens with zero attached hydrogens (tertiary/aromatic N) is 1. The van der Waals surface area contributed by atoms with Crippen LogP contribution in [0.2, 0.25) is 0 Å². The van der Waals surface area contributed by atoms with Crippen LogP contribution in [0.5, 0.6) is 0 Å². The zero-order chi connectivity index (χ0) is 18.4. The molecule has 1 aromatic carbocycles. The van der Waals surface area contributed by atoms with Crippen LogP contribution < -0.4 is 10.6 Å². The number of thioether (sulfide) groups is 1. The predicted octanol–water partition coefficient (Wildman–Crippen LogP) is 2.45. The average molecular weight is 375 g/mol. The number of carbonyl (C=O) groups excluding carboxylic acids is 2. The Bertz CT molecular complexity index is 699. The third kappa shape index (κ3) is 4.80. The number of benzene rings is 1. The van der Waals surface area contributed by atoms with Crippen molar-refractivity contribution in [2.45, 2.75) is 19.8 Å². The molecule has 0 unspecified atom stereocenters. The summed E-state index contributed by atoms with van der Waals surface area (Å²) in [7, 11) is 0. The van der Waals surface area contributed by atoms with Gasteiger partial charge in [-0.3, -0.25) is 9.59 Å². The van der Waals surface area contributed by atoms with E-state index in [1.165, 1.54) is 24.6 Å². The van der Waals surface area contributed by atoms with E-state index in [2.05, 4.69) is 15.5 Å². The maximum Gasteiger partial charge on any atom is 0.265 e. The van der Waals surface area contributed by atoms with E-state index in [1.807, 2.05) is 6.07 Å². The van der Waals surface area contributed by atoms with Crippen LogP contribution in [-0.4, -0.2) is 55.3 Å². The van der Waals surface area contributed by atoms with Crippen molar-refractivity contribution in [1.29, 1.82) is 0 Å². The highest BCUT2D eigenvalue weighted by molar-refractivity contribution is 8.04. The van der Waals surface area contributed by atoms with Crippen LogP contribution in [0, 0.1) is 0 Å². The molecule has 2 aliphatic rings. The summed E-state index contributed by atoms with van der Waals surface area (Å²) in [5.41, 5.74) is 0.991. The Labute approximate surface area is 158 Å². The summed E-state index contributed by atoms with van der Waals surface area (Å²) < 4.78 is 5.44. The molecule has 140 valence electrons. The molecule has 0 radical (unpaired) electrons. The van der Waals surface area contributed by atoms with Crippen molar-refractivity contribution in [2.75, 3.05) is 43.9 Å². The minimum atomic E-state index is -0.232. The largest absolute Gasteiger partial charge is 0.496 e. The lowest BCUT2D eigenvalue weighted by atomic mass is 10.1. The van der Waals surface area contributed by atoms with E-state index in [-0.39, 0.29) is 11.8 Å². The molecule has 0 aliphatic carbocycles. The number of hydrogen-bond acceptors (Lipinski definition) is 5. The molecule has 2 heterocycles. The van der Waals surface area contributed by atoms with Crippen LogP contribution in [0.25, 0.3) is 0 Å². The van der Waals surface area contributed by atoms with Gasteiger partial charge in [0.25, 0.3) is 11.8 Å². The van der Waals surface area contributed by atoms with Crippen molar-refractivity contribution in [3.05, 3.63) is 40.5 Å². The van der Waals surface area contributed by atoms with Crippen LogP contribution in [0.1, 0.15) is 30.1 Å². The molecule has 0 spiro atoms. The zero-order valence-electron chi connectivity index (χ0n) is 15.0. The normalized spacial score (nSPS) is 17.7. The third-order valence-electron chi connectivity index (χ3n) is 4.51. The van der Waals surface area contributed by atoms with Gasteiger partial charge >= 0.3 is 0 Å². The number of carbonyl (C=O) groups is 2. The molecule has 1 aromatic rings. The summed E-state index contributed by atoms with van der Waals surface area (Å²) in [5, 5.41) is 5.81. The van der Waals surface area contributed by atoms with Gasteiger partial charge in [0.15, 0.2) is 0 Å². The molecule has 0 atom stereocenters. The molecule has 7 heteroatoms. The molecular weight excluding hydrogens is 350 g/mol. The number of rotatable bonds is 6. The van der Waals surface area contributed by atoms with E-state index in [9.17, 15) is 9.59 Å². The van der Waals surface area contributed by atoms with Gasteiger partial charge in [-0.05, 0) is 45.0 Å². The molecule has 1 saturated heterocycles. The van der Waals surface area contributed by atoms with Crippen molar-refractivity contribution >= 4 is 29.3 Å². The smallest absolute Gasteiger partial charge is 0.265 e. The highest BCUT2D eigenvalue weighted by atomic mass is 32.2. The second-order valence-corrected chi connectivity index (χ2v) is 7.49. The SMILES string of the molecule is CC1=C(C(=O)Nc2ccccc2C(=O)NCCN2CCCC2)SCCO1. The van der Waals surface area contributed by atoms with Gasteiger partial charge in [-0.15, -0.1) is 11.8 Å². The fraction of sp³-hybridized carbons (Fsp3) is 0.474. The number of anilines is 1. The molecule has 2 amide bonds. The Morgan fingerprint density at radius 2 is 1.96 bits per heavy atom. The van der Waals surface area contributed by atoms with E-state index >= 15 is 0 Å². The van der Waals surface area contributed by atoms with Crippen molar-refractivity contribution in [3.8, 4) is 0 Å². The van der Waals surface area contributed by atoms with Crippen LogP contribution in [0.3, 0.4) is 0 Å². The van der Waals surface area contributed by atoms with E-state index in [0.29, 0.717) is 35.1 Å². The van der Waals surface area contributed by atoms with E-state index in [4.69, 9.17) is 4.74 Å². The molecule has 26 heavy (non-hydrogen) atoms. The van der Waals surface area contributed by atoms with Gasteiger partial charge in [-0.1, -0.05) is 12.1 Å². The Morgan fingerprint density at radius 3 is 2.73 bits per heavy atom. The number of nitrogens with one attached hydrogen (secondary N) is 2. The number of hydrogen-bond donors (Lipinski definition) is 2. The zero-order valence-corrected chi connectivity index (χ0v) is 15.9. The van der Waals surface area contributed by atoms with Gasteiger partial charge in [-0.2, -0.15) is 0 Å². The molecule has 0 aromatic heterocycles. The summed E-state index contributed by atoms with van der Waals surface area (Å²) >= 11 is 1.48. The molecule has 6 nitrogen and oxygen atoms in total. The lowest BCUT2D eigenvalue weighted by Crippen LogP contribution is -2.34. The first-order chi connectivity index (χ1) is 12.6.